The van der Waals surface area contributed by atoms with Crippen molar-refractivity contribution >= 4 is 5.70 Å². The van der Waals surface area contributed by atoms with Gasteiger partial charge in [0.2, 0.25) is 0 Å². The summed E-state index contributed by atoms with van der Waals surface area (Å²) in [5, 5.41) is 0. The number of aryl methyl sites for hydroxylation is 1. The molecule has 2 heteroatoms. The van der Waals surface area contributed by atoms with Gasteiger partial charge in [-0.25, -0.2) is 0 Å². The van der Waals surface area contributed by atoms with Gasteiger partial charge < -0.3 is 9.80 Å². The fraction of sp³-hybridized carbons (Fsp3) is 0.556. The molecule has 1 unspecified atom stereocenters. The highest BCUT2D eigenvalue weighted by molar-refractivity contribution is 5.65. The first-order valence-electron chi connectivity index (χ1n) is 7.71. The molecule has 2 rings (SSSR count). The Morgan fingerprint density at radius 3 is 2.80 bits per heavy atom. The van der Waals surface area contributed by atoms with Crippen molar-refractivity contribution in [3.63, 3.8) is 0 Å². The molecule has 0 spiro atoms. The topological polar surface area (TPSA) is 6.48 Å². The Morgan fingerprint density at radius 1 is 1.30 bits per heavy atom. The zero-order valence-electron chi connectivity index (χ0n) is 13.4. The molecule has 0 aliphatic carbocycles. The van der Waals surface area contributed by atoms with Crippen molar-refractivity contribution < 1.29 is 0 Å². The summed E-state index contributed by atoms with van der Waals surface area (Å²) in [6.07, 6.45) is 5.99. The highest BCUT2D eigenvalue weighted by Crippen LogP contribution is 2.26. The van der Waals surface area contributed by atoms with Crippen molar-refractivity contribution in [1.29, 1.82) is 0 Å². The van der Waals surface area contributed by atoms with E-state index >= 15 is 0 Å². The molecule has 0 bridgehead atoms. The maximum atomic E-state index is 2.40. The summed E-state index contributed by atoms with van der Waals surface area (Å²) >= 11 is 0. The van der Waals surface area contributed by atoms with Crippen LogP contribution in [0.4, 0.5) is 0 Å². The summed E-state index contributed by atoms with van der Waals surface area (Å²) in [5.41, 5.74) is 4.23. The van der Waals surface area contributed by atoms with E-state index in [0.717, 1.165) is 19.0 Å². The number of hydrogen-bond acceptors (Lipinski definition) is 2. The molecule has 1 aromatic rings. The van der Waals surface area contributed by atoms with Crippen LogP contribution in [0.25, 0.3) is 5.70 Å². The Morgan fingerprint density at radius 2 is 2.10 bits per heavy atom. The van der Waals surface area contributed by atoms with Gasteiger partial charge in [0.15, 0.2) is 0 Å². The van der Waals surface area contributed by atoms with E-state index in [-0.39, 0.29) is 0 Å². The maximum absolute atomic E-state index is 2.40. The molecule has 0 fully saturated rings. The first-order chi connectivity index (χ1) is 9.56. The zero-order valence-corrected chi connectivity index (χ0v) is 13.4. The van der Waals surface area contributed by atoms with Crippen LogP contribution in [0.2, 0.25) is 0 Å². The summed E-state index contributed by atoms with van der Waals surface area (Å²) in [5.74, 6) is 0.770. The smallest absolute Gasteiger partial charge is 0.0396 e. The van der Waals surface area contributed by atoms with E-state index in [0.29, 0.717) is 0 Å². The van der Waals surface area contributed by atoms with Crippen LogP contribution in [-0.2, 0) is 6.42 Å². The van der Waals surface area contributed by atoms with Crippen LogP contribution in [-0.4, -0.2) is 44.0 Å². The number of nitrogens with zero attached hydrogens (tertiary/aromatic N) is 2. The first kappa shape index (κ1) is 15.1. The minimum absolute atomic E-state index is 0.770. The number of allylic oxidation sites excluding steroid dienone is 1. The monoisotopic (exact) mass is 272 g/mol. The summed E-state index contributed by atoms with van der Waals surface area (Å²) in [6, 6.07) is 9.07. The van der Waals surface area contributed by atoms with Crippen LogP contribution in [0, 0.1) is 5.92 Å². The van der Waals surface area contributed by atoms with Crippen LogP contribution in [0.5, 0.6) is 0 Å². The Hall–Kier alpha value is -1.28. The SMILES string of the molecule is CC1CC=C(c2cccc(CCCN(C)C)c2)N(C)C1. The second kappa shape index (κ2) is 6.94. The lowest BCUT2D eigenvalue weighted by molar-refractivity contribution is 0.370. The van der Waals surface area contributed by atoms with Crippen molar-refractivity contribution in [1.82, 2.24) is 9.80 Å². The molecule has 110 valence electrons. The number of benzene rings is 1. The van der Waals surface area contributed by atoms with Gasteiger partial charge in [0.1, 0.15) is 0 Å². The summed E-state index contributed by atoms with van der Waals surface area (Å²) < 4.78 is 0. The summed E-state index contributed by atoms with van der Waals surface area (Å²) in [7, 11) is 6.49. The van der Waals surface area contributed by atoms with E-state index in [1.54, 1.807) is 0 Å². The molecule has 0 aromatic heterocycles. The van der Waals surface area contributed by atoms with Gasteiger partial charge in [-0.1, -0.05) is 31.2 Å². The largest absolute Gasteiger partial charge is 0.374 e. The van der Waals surface area contributed by atoms with E-state index in [1.165, 1.54) is 36.1 Å². The van der Waals surface area contributed by atoms with Gasteiger partial charge in [-0.3, -0.25) is 0 Å². The fourth-order valence-electron chi connectivity index (χ4n) is 2.93. The fourth-order valence-corrected chi connectivity index (χ4v) is 2.93. The molecule has 20 heavy (non-hydrogen) atoms. The molecule has 2 nitrogen and oxygen atoms in total. The first-order valence-corrected chi connectivity index (χ1v) is 7.71. The van der Waals surface area contributed by atoms with E-state index in [4.69, 9.17) is 0 Å². The average Bonchev–Trinajstić information content (AvgIpc) is 2.38. The van der Waals surface area contributed by atoms with Gasteiger partial charge in [-0.15, -0.1) is 0 Å². The molecule has 1 aliphatic rings. The van der Waals surface area contributed by atoms with E-state index in [9.17, 15) is 0 Å². The molecule has 1 aromatic carbocycles. The minimum Gasteiger partial charge on any atom is -0.374 e. The lowest BCUT2D eigenvalue weighted by atomic mass is 9.97. The number of hydrogen-bond donors (Lipinski definition) is 0. The summed E-state index contributed by atoms with van der Waals surface area (Å²) in [6.45, 7) is 4.64. The van der Waals surface area contributed by atoms with Gasteiger partial charge in [0.05, 0.1) is 0 Å². The standard InChI is InChI=1S/C18H28N2/c1-15-10-11-18(20(4)14-15)17-9-5-7-16(13-17)8-6-12-19(2)3/h5,7,9,11,13,15H,6,8,10,12,14H2,1-4H3. The zero-order chi connectivity index (χ0) is 14.5. The van der Waals surface area contributed by atoms with Crippen LogP contribution in [0.15, 0.2) is 30.3 Å². The van der Waals surface area contributed by atoms with Crippen LogP contribution >= 0.6 is 0 Å². The third kappa shape index (κ3) is 4.11. The van der Waals surface area contributed by atoms with E-state index in [2.05, 4.69) is 68.2 Å². The van der Waals surface area contributed by atoms with E-state index in [1.807, 2.05) is 0 Å². The molecule has 0 saturated carbocycles. The van der Waals surface area contributed by atoms with Gasteiger partial charge in [-0.2, -0.15) is 0 Å². The van der Waals surface area contributed by atoms with Gasteiger partial charge in [0.25, 0.3) is 0 Å². The average molecular weight is 272 g/mol. The molecule has 1 aliphatic heterocycles. The van der Waals surface area contributed by atoms with Gasteiger partial charge >= 0.3 is 0 Å². The maximum Gasteiger partial charge on any atom is 0.0396 e. The Balaban J connectivity index is 2.06. The Kier molecular flexibility index (Phi) is 5.24. The van der Waals surface area contributed by atoms with Gasteiger partial charge in [-0.05, 0) is 63.0 Å². The summed E-state index contributed by atoms with van der Waals surface area (Å²) in [4.78, 5) is 4.65. The van der Waals surface area contributed by atoms with Crippen molar-refractivity contribution in [2.45, 2.75) is 26.2 Å². The molecular formula is C18H28N2. The molecule has 1 heterocycles. The van der Waals surface area contributed by atoms with Crippen molar-refractivity contribution in [2.75, 3.05) is 34.2 Å². The van der Waals surface area contributed by atoms with Crippen molar-refractivity contribution in [3.05, 3.63) is 41.5 Å². The molecule has 0 amide bonds. The predicted molar refractivity (Wildman–Crippen MR) is 87.7 cm³/mol. The van der Waals surface area contributed by atoms with Crippen LogP contribution < -0.4 is 0 Å². The highest BCUT2D eigenvalue weighted by atomic mass is 15.1. The number of rotatable bonds is 5. The minimum atomic E-state index is 0.770. The predicted octanol–water partition coefficient (Wildman–Crippen LogP) is 3.49. The van der Waals surface area contributed by atoms with E-state index < -0.39 is 0 Å². The molecule has 0 radical (unpaired) electrons. The Labute approximate surface area is 124 Å². The quantitative estimate of drug-likeness (QED) is 0.809. The lowest BCUT2D eigenvalue weighted by Gasteiger charge is -2.30. The molecule has 1 atom stereocenters. The molecule has 0 N–H and O–H groups in total. The highest BCUT2D eigenvalue weighted by Gasteiger charge is 2.16. The second-order valence-corrected chi connectivity index (χ2v) is 6.42. The van der Waals surface area contributed by atoms with Gasteiger partial charge in [0, 0.05) is 19.3 Å². The van der Waals surface area contributed by atoms with Crippen molar-refractivity contribution in [2.24, 2.45) is 5.92 Å². The third-order valence-electron chi connectivity index (χ3n) is 4.00. The third-order valence-corrected chi connectivity index (χ3v) is 4.00. The molecular weight excluding hydrogens is 244 g/mol. The molecule has 0 saturated heterocycles. The van der Waals surface area contributed by atoms with Crippen LogP contribution in [0.3, 0.4) is 0 Å². The normalized spacial score (nSPS) is 19.4. The van der Waals surface area contributed by atoms with Crippen LogP contribution in [0.1, 0.15) is 30.9 Å². The van der Waals surface area contributed by atoms with Crippen molar-refractivity contribution in [3.8, 4) is 0 Å². The lowest BCUT2D eigenvalue weighted by Crippen LogP contribution is -2.26. The second-order valence-electron chi connectivity index (χ2n) is 6.42. The Bertz CT molecular complexity index is 462.